The summed E-state index contributed by atoms with van der Waals surface area (Å²) in [4.78, 5) is 22.8. The standard InChI is InChI=1S/C13H17NO4/c15-9-5-4-8-11(13(17)18)14-12(16)10-6-2-1-3-7-10/h1-3,6-7,11,15H,4-5,8-9H2,(H,14,16)(H,17,18)/t11-/m0/s1. The number of aliphatic carboxylic acids is 1. The Labute approximate surface area is 105 Å². The first-order valence-electron chi connectivity index (χ1n) is 5.84. The molecule has 0 aromatic heterocycles. The third-order valence-electron chi connectivity index (χ3n) is 2.54. The number of carbonyl (C=O) groups excluding carboxylic acids is 1. The van der Waals surface area contributed by atoms with Crippen molar-refractivity contribution < 1.29 is 19.8 Å². The van der Waals surface area contributed by atoms with Crippen LogP contribution in [0.15, 0.2) is 30.3 Å². The zero-order valence-corrected chi connectivity index (χ0v) is 10.0. The molecule has 18 heavy (non-hydrogen) atoms. The van der Waals surface area contributed by atoms with Crippen molar-refractivity contribution in [3.05, 3.63) is 35.9 Å². The van der Waals surface area contributed by atoms with Crippen LogP contribution in [0.25, 0.3) is 0 Å². The first kappa shape index (κ1) is 14.2. The van der Waals surface area contributed by atoms with E-state index in [1.54, 1.807) is 30.3 Å². The van der Waals surface area contributed by atoms with Crippen LogP contribution in [0.2, 0.25) is 0 Å². The summed E-state index contributed by atoms with van der Waals surface area (Å²) in [5.74, 6) is -1.45. The Bertz CT molecular complexity index is 391. The molecular weight excluding hydrogens is 234 g/mol. The van der Waals surface area contributed by atoms with Gasteiger partial charge in [-0.3, -0.25) is 4.79 Å². The normalized spacial score (nSPS) is 11.8. The number of unbranched alkanes of at least 4 members (excludes halogenated alkanes) is 1. The minimum atomic E-state index is -1.06. The number of nitrogens with one attached hydrogen (secondary N) is 1. The number of carboxylic acid groups (broad SMARTS) is 1. The molecule has 1 aromatic carbocycles. The molecule has 98 valence electrons. The van der Waals surface area contributed by atoms with Crippen molar-refractivity contribution in [2.45, 2.75) is 25.3 Å². The van der Waals surface area contributed by atoms with Gasteiger partial charge in [-0.2, -0.15) is 0 Å². The molecule has 0 spiro atoms. The van der Waals surface area contributed by atoms with Gasteiger partial charge in [0.25, 0.3) is 5.91 Å². The molecule has 3 N–H and O–H groups in total. The van der Waals surface area contributed by atoms with Gasteiger partial charge in [0.1, 0.15) is 6.04 Å². The lowest BCUT2D eigenvalue weighted by Gasteiger charge is -2.14. The van der Waals surface area contributed by atoms with Crippen molar-refractivity contribution in [1.82, 2.24) is 5.32 Å². The van der Waals surface area contributed by atoms with E-state index in [0.29, 0.717) is 24.8 Å². The Kier molecular flexibility index (Phi) is 5.87. The largest absolute Gasteiger partial charge is 0.480 e. The van der Waals surface area contributed by atoms with E-state index in [9.17, 15) is 9.59 Å². The van der Waals surface area contributed by atoms with Crippen LogP contribution in [0.4, 0.5) is 0 Å². The third kappa shape index (κ3) is 4.55. The fraction of sp³-hybridized carbons (Fsp3) is 0.385. The zero-order chi connectivity index (χ0) is 13.4. The highest BCUT2D eigenvalue weighted by Crippen LogP contribution is 2.04. The number of carboxylic acids is 1. The van der Waals surface area contributed by atoms with Gasteiger partial charge in [0.05, 0.1) is 0 Å². The van der Waals surface area contributed by atoms with E-state index in [1.165, 1.54) is 0 Å². The van der Waals surface area contributed by atoms with Crippen LogP contribution in [0.5, 0.6) is 0 Å². The SMILES string of the molecule is O=C(N[C@@H](CCCCO)C(=O)O)c1ccccc1. The molecule has 0 aliphatic carbocycles. The molecule has 0 saturated heterocycles. The molecule has 1 aromatic rings. The second kappa shape index (κ2) is 7.45. The molecule has 1 rings (SSSR count). The van der Waals surface area contributed by atoms with Crippen LogP contribution in [0, 0.1) is 0 Å². The predicted molar refractivity (Wildman–Crippen MR) is 66.3 cm³/mol. The van der Waals surface area contributed by atoms with Gasteiger partial charge in [-0.05, 0) is 31.4 Å². The van der Waals surface area contributed by atoms with Crippen molar-refractivity contribution in [2.75, 3.05) is 6.61 Å². The van der Waals surface area contributed by atoms with Gasteiger partial charge < -0.3 is 15.5 Å². The summed E-state index contributed by atoms with van der Waals surface area (Å²) in [6.45, 7) is 0.0268. The first-order chi connectivity index (χ1) is 8.65. The summed E-state index contributed by atoms with van der Waals surface area (Å²) in [5, 5.41) is 20.1. The monoisotopic (exact) mass is 251 g/mol. The van der Waals surface area contributed by atoms with Gasteiger partial charge in [0, 0.05) is 12.2 Å². The maximum Gasteiger partial charge on any atom is 0.326 e. The highest BCUT2D eigenvalue weighted by molar-refractivity contribution is 5.96. The lowest BCUT2D eigenvalue weighted by atomic mass is 10.1. The van der Waals surface area contributed by atoms with Gasteiger partial charge in [0.15, 0.2) is 0 Å². The van der Waals surface area contributed by atoms with Crippen LogP contribution in [-0.4, -0.2) is 34.7 Å². The Morgan fingerprint density at radius 3 is 2.39 bits per heavy atom. The van der Waals surface area contributed by atoms with Gasteiger partial charge in [-0.25, -0.2) is 4.79 Å². The van der Waals surface area contributed by atoms with E-state index in [0.717, 1.165) is 0 Å². The van der Waals surface area contributed by atoms with Gasteiger partial charge >= 0.3 is 5.97 Å². The van der Waals surface area contributed by atoms with E-state index in [4.69, 9.17) is 10.2 Å². The fourth-order valence-corrected chi connectivity index (χ4v) is 1.55. The molecule has 5 nitrogen and oxygen atoms in total. The van der Waals surface area contributed by atoms with Gasteiger partial charge in [0.2, 0.25) is 0 Å². The molecule has 1 atom stereocenters. The summed E-state index contributed by atoms with van der Waals surface area (Å²) in [6, 6.07) is 7.56. The highest BCUT2D eigenvalue weighted by Gasteiger charge is 2.19. The molecule has 0 radical (unpaired) electrons. The first-order valence-corrected chi connectivity index (χ1v) is 5.84. The van der Waals surface area contributed by atoms with Crippen molar-refractivity contribution in [3.8, 4) is 0 Å². The summed E-state index contributed by atoms with van der Waals surface area (Å²) in [6.07, 6.45) is 1.40. The molecule has 0 unspecified atom stereocenters. The average Bonchev–Trinajstić information content (AvgIpc) is 2.38. The molecule has 0 fully saturated rings. The fourth-order valence-electron chi connectivity index (χ4n) is 1.55. The minimum Gasteiger partial charge on any atom is -0.480 e. The van der Waals surface area contributed by atoms with Gasteiger partial charge in [-0.15, -0.1) is 0 Å². The van der Waals surface area contributed by atoms with Crippen LogP contribution < -0.4 is 5.32 Å². The quantitative estimate of drug-likeness (QED) is 0.632. The Morgan fingerprint density at radius 1 is 1.17 bits per heavy atom. The number of hydrogen-bond acceptors (Lipinski definition) is 3. The van der Waals surface area contributed by atoms with Crippen LogP contribution >= 0.6 is 0 Å². The maximum atomic E-state index is 11.8. The zero-order valence-electron chi connectivity index (χ0n) is 10.0. The number of aliphatic hydroxyl groups excluding tert-OH is 1. The van der Waals surface area contributed by atoms with Gasteiger partial charge in [-0.1, -0.05) is 18.2 Å². The van der Waals surface area contributed by atoms with Crippen LogP contribution in [0.3, 0.4) is 0 Å². The number of rotatable bonds is 7. The van der Waals surface area contributed by atoms with Crippen LogP contribution in [0.1, 0.15) is 29.6 Å². The Balaban J connectivity index is 2.55. The molecular formula is C13H17NO4. The van der Waals surface area contributed by atoms with E-state index in [-0.39, 0.29) is 6.61 Å². The lowest BCUT2D eigenvalue weighted by Crippen LogP contribution is -2.40. The number of carbonyl (C=O) groups is 2. The number of hydrogen-bond donors (Lipinski definition) is 3. The molecule has 0 aliphatic rings. The topological polar surface area (TPSA) is 86.6 Å². The molecule has 0 heterocycles. The Hall–Kier alpha value is -1.88. The predicted octanol–water partition coefficient (Wildman–Crippen LogP) is 1.03. The highest BCUT2D eigenvalue weighted by atomic mass is 16.4. The van der Waals surface area contributed by atoms with Crippen molar-refractivity contribution in [1.29, 1.82) is 0 Å². The summed E-state index contributed by atoms with van der Waals surface area (Å²) >= 11 is 0. The van der Waals surface area contributed by atoms with Crippen LogP contribution in [-0.2, 0) is 4.79 Å². The van der Waals surface area contributed by atoms with Crippen molar-refractivity contribution >= 4 is 11.9 Å². The summed E-state index contributed by atoms with van der Waals surface area (Å²) in [5.41, 5.74) is 0.436. The molecule has 0 bridgehead atoms. The second-order valence-electron chi connectivity index (χ2n) is 3.95. The maximum absolute atomic E-state index is 11.8. The molecule has 5 heteroatoms. The van der Waals surface area contributed by atoms with E-state index < -0.39 is 17.9 Å². The Morgan fingerprint density at radius 2 is 1.83 bits per heavy atom. The average molecular weight is 251 g/mol. The van der Waals surface area contributed by atoms with E-state index >= 15 is 0 Å². The van der Waals surface area contributed by atoms with Crippen molar-refractivity contribution in [2.24, 2.45) is 0 Å². The summed E-state index contributed by atoms with van der Waals surface area (Å²) < 4.78 is 0. The minimum absolute atomic E-state index is 0.0268. The van der Waals surface area contributed by atoms with E-state index in [2.05, 4.69) is 5.32 Å². The lowest BCUT2D eigenvalue weighted by molar-refractivity contribution is -0.139. The third-order valence-corrected chi connectivity index (χ3v) is 2.54. The smallest absolute Gasteiger partial charge is 0.326 e. The molecule has 0 aliphatic heterocycles. The number of aliphatic hydroxyl groups is 1. The molecule has 0 saturated carbocycles. The van der Waals surface area contributed by atoms with E-state index in [1.807, 2.05) is 0 Å². The van der Waals surface area contributed by atoms with Crippen molar-refractivity contribution in [3.63, 3.8) is 0 Å². The number of amides is 1. The number of benzene rings is 1. The second-order valence-corrected chi connectivity index (χ2v) is 3.95. The molecule has 1 amide bonds. The summed E-state index contributed by atoms with van der Waals surface area (Å²) in [7, 11) is 0.